The minimum atomic E-state index is 0.297. The maximum Gasteiger partial charge on any atom is 0.0436 e. The van der Waals surface area contributed by atoms with Crippen molar-refractivity contribution in [1.82, 2.24) is 0 Å². The van der Waals surface area contributed by atoms with Crippen LogP contribution in [0.4, 0.5) is 0 Å². The van der Waals surface area contributed by atoms with Gasteiger partial charge in [0.1, 0.15) is 0 Å². The highest BCUT2D eigenvalue weighted by Gasteiger charge is 2.25. The van der Waals surface area contributed by atoms with E-state index in [0.29, 0.717) is 18.6 Å². The molecule has 0 radical (unpaired) electrons. The molecule has 0 heterocycles. The first-order valence-electron chi connectivity index (χ1n) is 5.96. The molecule has 0 saturated carbocycles. The van der Waals surface area contributed by atoms with Gasteiger partial charge in [0.25, 0.3) is 0 Å². The van der Waals surface area contributed by atoms with Gasteiger partial charge in [-0.2, -0.15) is 0 Å². The Morgan fingerprint density at radius 1 is 0.857 bits per heavy atom. The lowest BCUT2D eigenvalue weighted by molar-refractivity contribution is 0.142. The Morgan fingerprint density at radius 2 is 1.57 bits per heavy atom. The summed E-state index contributed by atoms with van der Waals surface area (Å²) in [6, 6.07) is 0. The van der Waals surface area contributed by atoms with Gasteiger partial charge in [0.2, 0.25) is 0 Å². The summed E-state index contributed by atoms with van der Waals surface area (Å²) < 4.78 is 0. The van der Waals surface area contributed by atoms with Gasteiger partial charge in [-0.05, 0) is 31.1 Å². The predicted molar refractivity (Wildman–Crippen MR) is 60.3 cm³/mol. The van der Waals surface area contributed by atoms with Crippen LogP contribution in [-0.2, 0) is 0 Å². The largest absolute Gasteiger partial charge is 0.396 e. The van der Waals surface area contributed by atoms with Crippen molar-refractivity contribution in [1.29, 1.82) is 0 Å². The first kappa shape index (κ1) is 13.9. The Kier molecular flexibility index (Phi) is 8.20. The van der Waals surface area contributed by atoms with Crippen LogP contribution in [0.2, 0.25) is 0 Å². The lowest BCUT2D eigenvalue weighted by atomic mass is 9.74. The number of aliphatic hydroxyl groups excluding tert-OH is 2. The molecule has 0 aliphatic carbocycles. The van der Waals surface area contributed by atoms with E-state index in [1.807, 2.05) is 0 Å². The van der Waals surface area contributed by atoms with Gasteiger partial charge >= 0.3 is 0 Å². The quantitative estimate of drug-likeness (QED) is 0.564. The standard InChI is InChI=1S/C12H26O2/c1-3-7-12(4-2,9-11-14)8-5-6-10-13/h13-14H,3-11H2,1-2H3. The second-order valence-corrected chi connectivity index (χ2v) is 4.26. The summed E-state index contributed by atoms with van der Waals surface area (Å²) in [5, 5.41) is 17.8. The molecule has 0 aromatic heterocycles. The lowest BCUT2D eigenvalue weighted by Gasteiger charge is -2.32. The molecule has 0 rings (SSSR count). The Hall–Kier alpha value is -0.0800. The fraction of sp³-hybridized carbons (Fsp3) is 1.00. The van der Waals surface area contributed by atoms with Gasteiger partial charge in [-0.1, -0.05) is 33.1 Å². The second kappa shape index (κ2) is 8.25. The molecule has 0 aromatic rings. The van der Waals surface area contributed by atoms with E-state index in [0.717, 1.165) is 32.1 Å². The molecule has 1 atom stereocenters. The SMILES string of the molecule is CCCC(CC)(CCO)CCCCO. The molecule has 2 heteroatoms. The zero-order valence-electron chi connectivity index (χ0n) is 9.76. The maximum atomic E-state index is 9.07. The summed E-state index contributed by atoms with van der Waals surface area (Å²) in [4.78, 5) is 0. The van der Waals surface area contributed by atoms with Gasteiger partial charge < -0.3 is 10.2 Å². The molecule has 2 nitrogen and oxygen atoms in total. The summed E-state index contributed by atoms with van der Waals surface area (Å²) in [5.74, 6) is 0. The molecule has 0 aromatic carbocycles. The monoisotopic (exact) mass is 202 g/mol. The average Bonchev–Trinajstić information content (AvgIpc) is 2.19. The van der Waals surface area contributed by atoms with Gasteiger partial charge in [-0.3, -0.25) is 0 Å². The number of rotatable bonds is 9. The van der Waals surface area contributed by atoms with Crippen LogP contribution in [-0.4, -0.2) is 23.4 Å². The van der Waals surface area contributed by atoms with Crippen LogP contribution in [0, 0.1) is 5.41 Å². The van der Waals surface area contributed by atoms with Gasteiger partial charge in [-0.15, -0.1) is 0 Å². The maximum absolute atomic E-state index is 9.07. The second-order valence-electron chi connectivity index (χ2n) is 4.26. The normalized spacial score (nSPS) is 15.4. The highest BCUT2D eigenvalue weighted by atomic mass is 16.3. The number of hydrogen-bond donors (Lipinski definition) is 2. The molecule has 0 saturated heterocycles. The van der Waals surface area contributed by atoms with E-state index < -0.39 is 0 Å². The summed E-state index contributed by atoms with van der Waals surface area (Å²) in [6.45, 7) is 5.01. The highest BCUT2D eigenvalue weighted by molar-refractivity contribution is 4.77. The third-order valence-electron chi connectivity index (χ3n) is 3.29. The minimum Gasteiger partial charge on any atom is -0.396 e. The van der Waals surface area contributed by atoms with Crippen molar-refractivity contribution in [2.45, 2.75) is 58.8 Å². The van der Waals surface area contributed by atoms with Gasteiger partial charge in [0.05, 0.1) is 0 Å². The molecule has 0 bridgehead atoms. The van der Waals surface area contributed by atoms with Crippen LogP contribution in [0.3, 0.4) is 0 Å². The summed E-state index contributed by atoms with van der Waals surface area (Å²) in [6.07, 6.45) is 7.59. The Labute approximate surface area is 88.3 Å². The third-order valence-corrected chi connectivity index (χ3v) is 3.29. The summed E-state index contributed by atoms with van der Waals surface area (Å²) in [5.41, 5.74) is 0.332. The fourth-order valence-electron chi connectivity index (χ4n) is 2.28. The first-order valence-corrected chi connectivity index (χ1v) is 5.96. The van der Waals surface area contributed by atoms with Crippen LogP contribution in [0.1, 0.15) is 58.8 Å². The first-order chi connectivity index (χ1) is 6.74. The van der Waals surface area contributed by atoms with Crippen molar-refractivity contribution in [2.75, 3.05) is 13.2 Å². The van der Waals surface area contributed by atoms with Crippen molar-refractivity contribution in [3.05, 3.63) is 0 Å². The van der Waals surface area contributed by atoms with Crippen molar-refractivity contribution < 1.29 is 10.2 Å². The Morgan fingerprint density at radius 3 is 2.00 bits per heavy atom. The molecule has 0 amide bonds. The van der Waals surface area contributed by atoms with Crippen molar-refractivity contribution in [3.8, 4) is 0 Å². The van der Waals surface area contributed by atoms with E-state index in [9.17, 15) is 0 Å². The molecule has 0 aliphatic heterocycles. The van der Waals surface area contributed by atoms with Crippen molar-refractivity contribution in [2.24, 2.45) is 5.41 Å². The zero-order valence-corrected chi connectivity index (χ0v) is 9.76. The van der Waals surface area contributed by atoms with E-state index in [1.54, 1.807) is 0 Å². The van der Waals surface area contributed by atoms with E-state index >= 15 is 0 Å². The number of aliphatic hydroxyl groups is 2. The topological polar surface area (TPSA) is 40.5 Å². The Bertz CT molecular complexity index is 117. The van der Waals surface area contributed by atoms with Crippen molar-refractivity contribution in [3.63, 3.8) is 0 Å². The highest BCUT2D eigenvalue weighted by Crippen LogP contribution is 2.37. The van der Waals surface area contributed by atoms with Crippen LogP contribution in [0.25, 0.3) is 0 Å². The van der Waals surface area contributed by atoms with E-state index in [4.69, 9.17) is 10.2 Å². The molecule has 2 N–H and O–H groups in total. The molecule has 0 fully saturated rings. The van der Waals surface area contributed by atoms with Crippen LogP contribution in [0.15, 0.2) is 0 Å². The summed E-state index contributed by atoms with van der Waals surface area (Å²) in [7, 11) is 0. The molecular weight excluding hydrogens is 176 g/mol. The number of unbranched alkanes of at least 4 members (excludes halogenated alkanes) is 1. The average molecular weight is 202 g/mol. The van der Waals surface area contributed by atoms with Crippen molar-refractivity contribution >= 4 is 0 Å². The van der Waals surface area contributed by atoms with Crippen LogP contribution >= 0.6 is 0 Å². The van der Waals surface area contributed by atoms with Gasteiger partial charge in [0.15, 0.2) is 0 Å². The molecule has 0 spiro atoms. The molecule has 14 heavy (non-hydrogen) atoms. The minimum absolute atomic E-state index is 0.297. The molecule has 0 aliphatic rings. The van der Waals surface area contributed by atoms with Gasteiger partial charge in [0, 0.05) is 13.2 Å². The molecular formula is C12H26O2. The van der Waals surface area contributed by atoms with Gasteiger partial charge in [-0.25, -0.2) is 0 Å². The fourth-order valence-corrected chi connectivity index (χ4v) is 2.28. The molecule has 1 unspecified atom stereocenters. The van der Waals surface area contributed by atoms with Crippen LogP contribution < -0.4 is 0 Å². The summed E-state index contributed by atoms with van der Waals surface area (Å²) >= 11 is 0. The third kappa shape index (κ3) is 4.97. The zero-order chi connectivity index (χ0) is 10.9. The van der Waals surface area contributed by atoms with E-state index in [-0.39, 0.29) is 0 Å². The van der Waals surface area contributed by atoms with E-state index in [2.05, 4.69) is 13.8 Å². The Balaban J connectivity index is 4.03. The molecule has 86 valence electrons. The smallest absolute Gasteiger partial charge is 0.0436 e. The lowest BCUT2D eigenvalue weighted by Crippen LogP contribution is -2.21. The number of hydrogen-bond acceptors (Lipinski definition) is 2. The van der Waals surface area contributed by atoms with Crippen LogP contribution in [0.5, 0.6) is 0 Å². The van der Waals surface area contributed by atoms with E-state index in [1.165, 1.54) is 12.8 Å². The predicted octanol–water partition coefficient (Wildman–Crippen LogP) is 2.73.